The van der Waals surface area contributed by atoms with Crippen molar-refractivity contribution in [3.8, 4) is 0 Å². The van der Waals surface area contributed by atoms with E-state index in [1.807, 2.05) is 0 Å². The van der Waals surface area contributed by atoms with Gasteiger partial charge in [0.2, 0.25) is 0 Å². The van der Waals surface area contributed by atoms with Gasteiger partial charge in [-0.15, -0.1) is 0 Å². The molecule has 1 aliphatic heterocycles. The van der Waals surface area contributed by atoms with Crippen LogP contribution in [-0.2, 0) is 14.3 Å². The van der Waals surface area contributed by atoms with Crippen LogP contribution in [0.2, 0.25) is 0 Å². The van der Waals surface area contributed by atoms with E-state index in [2.05, 4.69) is 5.32 Å². The Bertz CT molecular complexity index is 245. The summed E-state index contributed by atoms with van der Waals surface area (Å²) in [6, 6.07) is 0. The lowest BCUT2D eigenvalue weighted by Crippen LogP contribution is -2.32. The number of nitrogens with one attached hydrogen (secondary N) is 1. The summed E-state index contributed by atoms with van der Waals surface area (Å²) < 4.78 is 11.0. The zero-order valence-corrected chi connectivity index (χ0v) is 11.2. The normalized spacial score (nSPS) is 22.2. The van der Waals surface area contributed by atoms with Crippen LogP contribution in [-0.4, -0.2) is 38.4 Å². The summed E-state index contributed by atoms with van der Waals surface area (Å²) in [7, 11) is 0. The van der Waals surface area contributed by atoms with Crippen LogP contribution in [0.3, 0.4) is 0 Å². The van der Waals surface area contributed by atoms with E-state index in [0.29, 0.717) is 31.7 Å². The van der Waals surface area contributed by atoms with E-state index in [1.54, 1.807) is 0 Å². The molecule has 0 spiro atoms. The summed E-state index contributed by atoms with van der Waals surface area (Å²) in [5, 5.41) is 3.29. The van der Waals surface area contributed by atoms with Gasteiger partial charge in [0.25, 0.3) is 0 Å². The van der Waals surface area contributed by atoms with Crippen molar-refractivity contribution >= 4 is 5.97 Å². The molecular weight excluding hydrogens is 230 g/mol. The van der Waals surface area contributed by atoms with Crippen molar-refractivity contribution in [2.75, 3.05) is 26.3 Å². The summed E-state index contributed by atoms with van der Waals surface area (Å²) in [5.41, 5.74) is 0. The first-order valence-electron chi connectivity index (χ1n) is 7.32. The van der Waals surface area contributed by atoms with Crippen LogP contribution in [0.1, 0.15) is 44.9 Å². The first-order chi connectivity index (χ1) is 8.84. The molecule has 1 saturated heterocycles. The Labute approximate surface area is 109 Å². The van der Waals surface area contributed by atoms with Crippen molar-refractivity contribution in [2.45, 2.75) is 51.0 Å². The molecule has 104 valence electrons. The van der Waals surface area contributed by atoms with Crippen molar-refractivity contribution in [3.05, 3.63) is 0 Å². The fourth-order valence-corrected chi connectivity index (χ4v) is 2.73. The molecule has 0 aromatic carbocycles. The average Bonchev–Trinajstić information content (AvgIpc) is 2.91. The Morgan fingerprint density at radius 2 is 1.83 bits per heavy atom. The minimum absolute atomic E-state index is 0.101. The summed E-state index contributed by atoms with van der Waals surface area (Å²) in [6.07, 6.45) is 7.86. The summed E-state index contributed by atoms with van der Waals surface area (Å²) in [4.78, 5) is 11.5. The van der Waals surface area contributed by atoms with Gasteiger partial charge in [0.05, 0.1) is 25.7 Å². The Kier molecular flexibility index (Phi) is 5.94. The fraction of sp³-hybridized carbons (Fsp3) is 0.929. The number of ether oxygens (including phenoxy) is 2. The van der Waals surface area contributed by atoms with Gasteiger partial charge in [0.1, 0.15) is 0 Å². The molecule has 18 heavy (non-hydrogen) atoms. The molecule has 1 heterocycles. The number of piperidine rings is 1. The highest BCUT2D eigenvalue weighted by Gasteiger charge is 2.17. The predicted molar refractivity (Wildman–Crippen MR) is 69.4 cm³/mol. The van der Waals surface area contributed by atoms with E-state index in [0.717, 1.165) is 25.9 Å². The molecule has 2 rings (SSSR count). The number of rotatable bonds is 6. The highest BCUT2D eigenvalue weighted by atomic mass is 16.5. The molecule has 4 heteroatoms. The highest BCUT2D eigenvalue weighted by Crippen LogP contribution is 2.24. The molecule has 1 saturated carbocycles. The molecule has 0 aromatic heterocycles. The average molecular weight is 255 g/mol. The lowest BCUT2D eigenvalue weighted by Gasteiger charge is -2.22. The van der Waals surface area contributed by atoms with Crippen LogP contribution in [0.15, 0.2) is 0 Å². The van der Waals surface area contributed by atoms with Crippen LogP contribution in [0.5, 0.6) is 0 Å². The second kappa shape index (κ2) is 7.74. The molecule has 2 fully saturated rings. The van der Waals surface area contributed by atoms with Crippen molar-refractivity contribution < 1.29 is 14.3 Å². The third-order valence-electron chi connectivity index (χ3n) is 3.90. The standard InChI is InChI=1S/C14H25NO3/c16-14(18-11-12-3-1-2-4-12)7-10-17-13-5-8-15-9-6-13/h12-13,15H,1-11H2. The summed E-state index contributed by atoms with van der Waals surface area (Å²) >= 11 is 0. The second-order valence-corrected chi connectivity index (χ2v) is 5.40. The van der Waals surface area contributed by atoms with Gasteiger partial charge in [-0.25, -0.2) is 0 Å². The molecule has 2 aliphatic rings. The van der Waals surface area contributed by atoms with Crippen LogP contribution in [0.25, 0.3) is 0 Å². The van der Waals surface area contributed by atoms with Crippen molar-refractivity contribution in [2.24, 2.45) is 5.92 Å². The third kappa shape index (κ3) is 4.94. The van der Waals surface area contributed by atoms with Gasteiger partial charge in [0, 0.05) is 0 Å². The van der Waals surface area contributed by atoms with Crippen molar-refractivity contribution in [3.63, 3.8) is 0 Å². The molecule has 1 aliphatic carbocycles. The maximum atomic E-state index is 11.5. The first-order valence-corrected chi connectivity index (χ1v) is 7.32. The van der Waals surface area contributed by atoms with Crippen molar-refractivity contribution in [1.82, 2.24) is 5.32 Å². The zero-order chi connectivity index (χ0) is 12.6. The molecular formula is C14H25NO3. The Morgan fingerprint density at radius 1 is 1.11 bits per heavy atom. The van der Waals surface area contributed by atoms with E-state index in [4.69, 9.17) is 9.47 Å². The highest BCUT2D eigenvalue weighted by molar-refractivity contribution is 5.69. The topological polar surface area (TPSA) is 47.6 Å². The van der Waals surface area contributed by atoms with E-state index < -0.39 is 0 Å². The molecule has 0 unspecified atom stereocenters. The Morgan fingerprint density at radius 3 is 2.56 bits per heavy atom. The third-order valence-corrected chi connectivity index (χ3v) is 3.90. The lowest BCUT2D eigenvalue weighted by atomic mass is 10.1. The van der Waals surface area contributed by atoms with Gasteiger partial charge in [-0.3, -0.25) is 4.79 Å². The van der Waals surface area contributed by atoms with Crippen molar-refractivity contribution in [1.29, 1.82) is 0 Å². The van der Waals surface area contributed by atoms with E-state index in [1.165, 1.54) is 25.7 Å². The number of carbonyl (C=O) groups excluding carboxylic acids is 1. The zero-order valence-electron chi connectivity index (χ0n) is 11.2. The molecule has 0 bridgehead atoms. The second-order valence-electron chi connectivity index (χ2n) is 5.40. The number of esters is 1. The van der Waals surface area contributed by atoms with Crippen LogP contribution in [0.4, 0.5) is 0 Å². The lowest BCUT2D eigenvalue weighted by molar-refractivity contribution is -0.146. The molecule has 0 atom stereocenters. The van der Waals surface area contributed by atoms with Crippen LogP contribution in [0, 0.1) is 5.92 Å². The SMILES string of the molecule is O=C(CCOC1CCNCC1)OCC1CCCC1. The maximum absolute atomic E-state index is 11.5. The fourth-order valence-electron chi connectivity index (χ4n) is 2.73. The van der Waals surface area contributed by atoms with Gasteiger partial charge < -0.3 is 14.8 Å². The number of hydrogen-bond donors (Lipinski definition) is 1. The quantitative estimate of drug-likeness (QED) is 0.736. The van der Waals surface area contributed by atoms with Gasteiger partial charge in [0.15, 0.2) is 0 Å². The van der Waals surface area contributed by atoms with Gasteiger partial charge in [-0.2, -0.15) is 0 Å². The monoisotopic (exact) mass is 255 g/mol. The predicted octanol–water partition coefficient (Wildman–Crippen LogP) is 1.88. The van der Waals surface area contributed by atoms with E-state index in [9.17, 15) is 4.79 Å². The minimum atomic E-state index is -0.101. The molecule has 1 N–H and O–H groups in total. The van der Waals surface area contributed by atoms with E-state index >= 15 is 0 Å². The first kappa shape index (κ1) is 13.8. The molecule has 4 nitrogen and oxygen atoms in total. The van der Waals surface area contributed by atoms with Gasteiger partial charge >= 0.3 is 5.97 Å². The largest absolute Gasteiger partial charge is 0.465 e. The molecule has 0 amide bonds. The minimum Gasteiger partial charge on any atom is -0.465 e. The van der Waals surface area contributed by atoms with Gasteiger partial charge in [-0.05, 0) is 44.7 Å². The maximum Gasteiger partial charge on any atom is 0.308 e. The molecule has 0 radical (unpaired) electrons. The van der Waals surface area contributed by atoms with Gasteiger partial charge in [-0.1, -0.05) is 12.8 Å². The van der Waals surface area contributed by atoms with E-state index in [-0.39, 0.29) is 5.97 Å². The summed E-state index contributed by atoms with van der Waals surface area (Å²) in [5.74, 6) is 0.509. The van der Waals surface area contributed by atoms with Crippen LogP contribution >= 0.6 is 0 Å². The smallest absolute Gasteiger partial charge is 0.308 e. The number of carbonyl (C=O) groups is 1. The summed E-state index contributed by atoms with van der Waals surface area (Å²) in [6.45, 7) is 3.17. The van der Waals surface area contributed by atoms with Crippen LogP contribution < -0.4 is 5.32 Å². The number of hydrogen-bond acceptors (Lipinski definition) is 4. The molecule has 0 aromatic rings. The Balaban J connectivity index is 1.48. The Hall–Kier alpha value is -0.610.